The van der Waals surface area contributed by atoms with Crippen LogP contribution in [0.15, 0.2) is 24.4 Å². The molecular weight excluding hydrogens is 328 g/mol. The summed E-state index contributed by atoms with van der Waals surface area (Å²) in [7, 11) is 0. The molecule has 0 unspecified atom stereocenters. The highest BCUT2D eigenvalue weighted by atomic mass is 16.4. The molecule has 0 bridgehead atoms. The van der Waals surface area contributed by atoms with Gasteiger partial charge in [-0.3, -0.25) is 9.78 Å². The topological polar surface area (TPSA) is 79.2 Å². The molecule has 1 saturated carbocycles. The summed E-state index contributed by atoms with van der Waals surface area (Å²) in [6.45, 7) is 1.36. The molecule has 2 aromatic heterocycles. The van der Waals surface area contributed by atoms with Gasteiger partial charge >= 0.3 is 5.97 Å². The molecule has 5 rings (SSSR count). The van der Waals surface area contributed by atoms with Crippen molar-refractivity contribution in [2.24, 2.45) is 11.3 Å². The zero-order chi connectivity index (χ0) is 17.7. The minimum absolute atomic E-state index is 0.227. The zero-order valence-electron chi connectivity index (χ0n) is 14.7. The van der Waals surface area contributed by atoms with Crippen molar-refractivity contribution >= 4 is 11.8 Å². The molecular formula is C20H22N4O2. The second-order valence-electron chi connectivity index (χ2n) is 7.80. The van der Waals surface area contributed by atoms with Crippen molar-refractivity contribution in [2.45, 2.75) is 38.5 Å². The van der Waals surface area contributed by atoms with Crippen LogP contribution in [-0.4, -0.2) is 39.1 Å². The Balaban J connectivity index is 1.57. The van der Waals surface area contributed by atoms with Gasteiger partial charge in [0.25, 0.3) is 0 Å². The van der Waals surface area contributed by atoms with E-state index in [1.165, 1.54) is 5.56 Å². The van der Waals surface area contributed by atoms with Crippen LogP contribution in [0.3, 0.4) is 0 Å². The van der Waals surface area contributed by atoms with E-state index >= 15 is 0 Å². The van der Waals surface area contributed by atoms with Gasteiger partial charge in [0.1, 0.15) is 11.5 Å². The predicted octanol–water partition coefficient (Wildman–Crippen LogP) is 2.72. The number of pyridine rings is 1. The Morgan fingerprint density at radius 2 is 2.15 bits per heavy atom. The Morgan fingerprint density at radius 1 is 1.23 bits per heavy atom. The Morgan fingerprint density at radius 3 is 2.92 bits per heavy atom. The molecule has 2 fully saturated rings. The summed E-state index contributed by atoms with van der Waals surface area (Å²) in [6.07, 6.45) is 7.59. The molecule has 0 spiro atoms. The lowest BCUT2D eigenvalue weighted by Gasteiger charge is -2.25. The number of nitrogens with zero attached hydrogens (tertiary/aromatic N) is 4. The number of aryl methyl sites for hydroxylation is 1. The first-order valence-electron chi connectivity index (χ1n) is 9.47. The van der Waals surface area contributed by atoms with Crippen LogP contribution in [0, 0.1) is 11.3 Å². The van der Waals surface area contributed by atoms with Crippen LogP contribution in [-0.2, 0) is 17.6 Å². The molecule has 1 N–H and O–H groups in total. The second-order valence-corrected chi connectivity index (χ2v) is 7.80. The largest absolute Gasteiger partial charge is 0.481 e. The van der Waals surface area contributed by atoms with Crippen molar-refractivity contribution in [3.05, 3.63) is 35.7 Å². The molecule has 6 nitrogen and oxygen atoms in total. The van der Waals surface area contributed by atoms with Crippen LogP contribution in [0.5, 0.6) is 0 Å². The highest BCUT2D eigenvalue weighted by molar-refractivity contribution is 5.78. The van der Waals surface area contributed by atoms with E-state index in [1.807, 2.05) is 18.2 Å². The van der Waals surface area contributed by atoms with Crippen LogP contribution in [0.4, 0.5) is 5.82 Å². The fourth-order valence-corrected chi connectivity index (χ4v) is 5.08. The Labute approximate surface area is 152 Å². The predicted molar refractivity (Wildman–Crippen MR) is 96.9 cm³/mol. The second kappa shape index (κ2) is 5.76. The maximum atomic E-state index is 12.0. The molecule has 1 saturated heterocycles. The summed E-state index contributed by atoms with van der Waals surface area (Å²) < 4.78 is 0. The molecule has 0 amide bonds. The van der Waals surface area contributed by atoms with Crippen molar-refractivity contribution in [1.29, 1.82) is 0 Å². The molecule has 26 heavy (non-hydrogen) atoms. The molecule has 2 aromatic rings. The first kappa shape index (κ1) is 15.7. The van der Waals surface area contributed by atoms with Gasteiger partial charge < -0.3 is 10.0 Å². The van der Waals surface area contributed by atoms with Gasteiger partial charge in [-0.1, -0.05) is 12.5 Å². The Kier molecular flexibility index (Phi) is 3.48. The van der Waals surface area contributed by atoms with E-state index < -0.39 is 11.4 Å². The van der Waals surface area contributed by atoms with E-state index in [9.17, 15) is 9.90 Å². The SMILES string of the molecule is O=C(O)[C@@]12CCC[C@H]1CN(c1nc(-c3ccccn3)nc3c1CCC3)C2. The number of rotatable bonds is 3. The van der Waals surface area contributed by atoms with Crippen molar-refractivity contribution in [1.82, 2.24) is 15.0 Å². The highest BCUT2D eigenvalue weighted by Gasteiger charge is 2.55. The summed E-state index contributed by atoms with van der Waals surface area (Å²) in [5.74, 6) is 1.19. The summed E-state index contributed by atoms with van der Waals surface area (Å²) in [4.78, 5) is 28.3. The molecule has 0 aromatic carbocycles. The lowest BCUT2D eigenvalue weighted by molar-refractivity contribution is -0.149. The third kappa shape index (κ3) is 2.24. The standard InChI is InChI=1S/C20H22N4O2/c25-19(26)20-9-4-5-13(20)11-24(12-20)18-14-6-3-8-15(14)22-17(23-18)16-7-1-2-10-21-16/h1-2,7,10,13H,3-6,8-9,11-12H2,(H,25,26)/t13-,20+/m0/s1. The van der Waals surface area contributed by atoms with Crippen LogP contribution in [0.2, 0.25) is 0 Å². The summed E-state index contributed by atoms with van der Waals surface area (Å²) in [5, 5.41) is 9.90. The number of carboxylic acids is 1. The van der Waals surface area contributed by atoms with Gasteiger partial charge in [0.15, 0.2) is 5.82 Å². The minimum atomic E-state index is -0.641. The molecule has 1 aliphatic heterocycles. The van der Waals surface area contributed by atoms with Crippen molar-refractivity contribution < 1.29 is 9.90 Å². The molecule has 134 valence electrons. The third-order valence-corrected chi connectivity index (χ3v) is 6.40. The molecule has 3 aliphatic rings. The molecule has 2 aliphatic carbocycles. The summed E-state index contributed by atoms with van der Waals surface area (Å²) >= 11 is 0. The highest BCUT2D eigenvalue weighted by Crippen LogP contribution is 2.50. The molecule has 3 heterocycles. The average Bonchev–Trinajstić information content (AvgIpc) is 3.35. The van der Waals surface area contributed by atoms with Crippen LogP contribution in [0.1, 0.15) is 36.9 Å². The number of carbonyl (C=O) groups is 1. The van der Waals surface area contributed by atoms with E-state index in [1.54, 1.807) is 6.20 Å². The van der Waals surface area contributed by atoms with Crippen molar-refractivity contribution in [3.63, 3.8) is 0 Å². The van der Waals surface area contributed by atoms with Crippen molar-refractivity contribution in [3.8, 4) is 11.5 Å². The van der Waals surface area contributed by atoms with Gasteiger partial charge in [0.05, 0.1) is 5.41 Å². The van der Waals surface area contributed by atoms with Gasteiger partial charge in [-0.05, 0) is 50.2 Å². The van der Waals surface area contributed by atoms with Crippen LogP contribution in [0.25, 0.3) is 11.5 Å². The number of hydrogen-bond acceptors (Lipinski definition) is 5. The molecule has 6 heteroatoms. The monoisotopic (exact) mass is 350 g/mol. The number of hydrogen-bond donors (Lipinski definition) is 1. The third-order valence-electron chi connectivity index (χ3n) is 6.40. The normalized spacial score (nSPS) is 26.8. The fraction of sp³-hybridized carbons (Fsp3) is 0.500. The molecule has 2 atom stereocenters. The number of carboxylic acid groups (broad SMARTS) is 1. The Bertz CT molecular complexity index is 870. The van der Waals surface area contributed by atoms with Crippen molar-refractivity contribution in [2.75, 3.05) is 18.0 Å². The van der Waals surface area contributed by atoms with E-state index in [0.717, 1.165) is 62.3 Å². The summed E-state index contributed by atoms with van der Waals surface area (Å²) in [6, 6.07) is 5.76. The number of anilines is 1. The zero-order valence-corrected chi connectivity index (χ0v) is 14.7. The lowest BCUT2D eigenvalue weighted by Crippen LogP contribution is -2.36. The van der Waals surface area contributed by atoms with Gasteiger partial charge in [-0.2, -0.15) is 0 Å². The number of fused-ring (bicyclic) bond motifs is 2. The van der Waals surface area contributed by atoms with Gasteiger partial charge in [-0.25, -0.2) is 9.97 Å². The summed E-state index contributed by atoms with van der Waals surface area (Å²) in [5.41, 5.74) is 2.50. The fourth-order valence-electron chi connectivity index (χ4n) is 5.08. The van der Waals surface area contributed by atoms with E-state index in [4.69, 9.17) is 9.97 Å². The molecule has 0 radical (unpaired) electrons. The van der Waals surface area contributed by atoms with Crippen LogP contribution < -0.4 is 4.90 Å². The van der Waals surface area contributed by atoms with Gasteiger partial charge in [0.2, 0.25) is 0 Å². The van der Waals surface area contributed by atoms with E-state index in [2.05, 4.69) is 9.88 Å². The van der Waals surface area contributed by atoms with E-state index in [-0.39, 0.29) is 5.92 Å². The smallest absolute Gasteiger partial charge is 0.311 e. The lowest BCUT2D eigenvalue weighted by atomic mass is 9.81. The minimum Gasteiger partial charge on any atom is -0.481 e. The average molecular weight is 350 g/mol. The Hall–Kier alpha value is -2.50. The van der Waals surface area contributed by atoms with Gasteiger partial charge in [-0.15, -0.1) is 0 Å². The maximum Gasteiger partial charge on any atom is 0.311 e. The first-order chi connectivity index (χ1) is 12.7. The van der Waals surface area contributed by atoms with E-state index in [0.29, 0.717) is 12.4 Å². The quantitative estimate of drug-likeness (QED) is 0.917. The maximum absolute atomic E-state index is 12.0. The van der Waals surface area contributed by atoms with Crippen LogP contribution >= 0.6 is 0 Å². The van der Waals surface area contributed by atoms with Gasteiger partial charge in [0, 0.05) is 30.5 Å². The number of aromatic nitrogens is 3. The first-order valence-corrected chi connectivity index (χ1v) is 9.47. The number of aliphatic carboxylic acids is 1.